The summed E-state index contributed by atoms with van der Waals surface area (Å²) in [6.07, 6.45) is 1.80. The Morgan fingerprint density at radius 2 is 2.27 bits per heavy atom. The molecule has 0 amide bonds. The van der Waals surface area contributed by atoms with Gasteiger partial charge >= 0.3 is 0 Å². The van der Waals surface area contributed by atoms with Gasteiger partial charge in [0.1, 0.15) is 5.84 Å². The second kappa shape index (κ2) is 6.02. The SMILES string of the molecule is C=C1C[C@@H](C(=NC=S)NNC)Cc2c1[nH]c1ccc(C)cc21. The smallest absolute Gasteiger partial charge is 0.120 e. The highest BCUT2D eigenvalue weighted by atomic mass is 32.1. The average molecular weight is 312 g/mol. The van der Waals surface area contributed by atoms with Crippen LogP contribution in [-0.4, -0.2) is 23.4 Å². The minimum atomic E-state index is 0.256. The van der Waals surface area contributed by atoms with Gasteiger partial charge in [-0.3, -0.25) is 0 Å². The van der Waals surface area contributed by atoms with Crippen LogP contribution in [0.5, 0.6) is 0 Å². The van der Waals surface area contributed by atoms with Gasteiger partial charge in [0.05, 0.1) is 5.49 Å². The van der Waals surface area contributed by atoms with Crippen molar-refractivity contribution < 1.29 is 0 Å². The monoisotopic (exact) mass is 312 g/mol. The summed E-state index contributed by atoms with van der Waals surface area (Å²) in [5.41, 5.74) is 13.5. The molecule has 1 atom stereocenters. The molecule has 5 heteroatoms. The van der Waals surface area contributed by atoms with Crippen LogP contribution in [0.1, 0.15) is 23.2 Å². The van der Waals surface area contributed by atoms with Gasteiger partial charge in [-0.15, -0.1) is 0 Å². The second-order valence-corrected chi connectivity index (χ2v) is 5.94. The van der Waals surface area contributed by atoms with Gasteiger partial charge < -0.3 is 10.4 Å². The zero-order valence-electron chi connectivity index (χ0n) is 12.9. The number of hydrogen-bond donors (Lipinski definition) is 3. The first-order valence-electron chi connectivity index (χ1n) is 7.37. The zero-order valence-corrected chi connectivity index (χ0v) is 13.7. The van der Waals surface area contributed by atoms with Crippen LogP contribution in [0.4, 0.5) is 0 Å². The number of hydrazine groups is 1. The molecule has 1 aliphatic rings. The van der Waals surface area contributed by atoms with Crippen molar-refractivity contribution in [2.45, 2.75) is 19.8 Å². The summed E-state index contributed by atoms with van der Waals surface area (Å²) in [6, 6.07) is 6.51. The molecule has 0 bridgehead atoms. The molecule has 0 unspecified atom stereocenters. The van der Waals surface area contributed by atoms with Crippen molar-refractivity contribution in [3.8, 4) is 0 Å². The van der Waals surface area contributed by atoms with E-state index in [2.05, 4.69) is 52.5 Å². The molecule has 2 aromatic rings. The fourth-order valence-electron chi connectivity index (χ4n) is 3.21. The van der Waals surface area contributed by atoms with E-state index in [0.717, 1.165) is 24.3 Å². The Labute approximate surface area is 135 Å². The summed E-state index contributed by atoms with van der Waals surface area (Å²) < 4.78 is 0. The van der Waals surface area contributed by atoms with Crippen molar-refractivity contribution in [2.75, 3.05) is 7.05 Å². The Morgan fingerprint density at radius 1 is 1.45 bits per heavy atom. The molecule has 4 nitrogen and oxygen atoms in total. The van der Waals surface area contributed by atoms with Crippen LogP contribution >= 0.6 is 12.2 Å². The van der Waals surface area contributed by atoms with E-state index in [-0.39, 0.29) is 5.92 Å². The molecule has 0 radical (unpaired) electrons. The fraction of sp³-hybridized carbons (Fsp3) is 0.294. The van der Waals surface area contributed by atoms with Crippen molar-refractivity contribution >= 4 is 40.0 Å². The number of nitrogens with one attached hydrogen (secondary N) is 3. The molecular weight excluding hydrogens is 292 g/mol. The van der Waals surface area contributed by atoms with E-state index in [1.54, 1.807) is 0 Å². The van der Waals surface area contributed by atoms with Crippen LogP contribution in [0.3, 0.4) is 0 Å². The van der Waals surface area contributed by atoms with Gasteiger partial charge in [0.15, 0.2) is 0 Å². The van der Waals surface area contributed by atoms with E-state index in [1.165, 1.54) is 33.2 Å². The first-order chi connectivity index (χ1) is 10.6. The molecule has 1 heterocycles. The molecule has 0 aliphatic heterocycles. The van der Waals surface area contributed by atoms with Gasteiger partial charge in [-0.2, -0.15) is 0 Å². The van der Waals surface area contributed by atoms with Gasteiger partial charge in [-0.05, 0) is 43.0 Å². The molecular formula is C17H20N4S. The maximum atomic E-state index is 4.89. The highest BCUT2D eigenvalue weighted by Gasteiger charge is 2.28. The van der Waals surface area contributed by atoms with E-state index in [1.807, 2.05) is 7.05 Å². The van der Waals surface area contributed by atoms with Crippen molar-refractivity contribution in [1.82, 2.24) is 15.8 Å². The van der Waals surface area contributed by atoms with Crippen LogP contribution in [0.2, 0.25) is 0 Å². The Morgan fingerprint density at radius 3 is 3.00 bits per heavy atom. The number of H-pyrrole nitrogens is 1. The number of aryl methyl sites for hydroxylation is 1. The summed E-state index contributed by atoms with van der Waals surface area (Å²) in [5, 5.41) is 1.28. The molecule has 0 saturated carbocycles. The predicted molar refractivity (Wildman–Crippen MR) is 97.2 cm³/mol. The molecule has 1 aliphatic carbocycles. The minimum absolute atomic E-state index is 0.256. The van der Waals surface area contributed by atoms with Crippen LogP contribution < -0.4 is 10.9 Å². The third-order valence-electron chi connectivity index (χ3n) is 4.19. The molecule has 1 aromatic carbocycles. The Bertz CT molecular complexity index is 772. The van der Waals surface area contributed by atoms with Crippen molar-refractivity contribution in [2.24, 2.45) is 10.9 Å². The number of aromatic nitrogens is 1. The minimum Gasteiger partial charge on any atom is -0.355 e. The lowest BCUT2D eigenvalue weighted by molar-refractivity contribution is 0.632. The largest absolute Gasteiger partial charge is 0.355 e. The molecule has 3 N–H and O–H groups in total. The standard InChI is InChI=1S/C17H20N4S/c1-10-4-5-15-13(6-10)14-8-12(7-11(2)16(14)20-15)17(19-9-22)21-18-3/h4-6,9,12,18,20H,2,7-8H2,1,3H3,(H,19,21,22)/t12-/m1/s1. The number of benzene rings is 1. The quantitative estimate of drug-likeness (QED) is 0.353. The molecule has 0 fully saturated rings. The van der Waals surface area contributed by atoms with Crippen LogP contribution in [0.15, 0.2) is 29.8 Å². The van der Waals surface area contributed by atoms with Crippen molar-refractivity contribution in [1.29, 1.82) is 0 Å². The highest BCUT2D eigenvalue weighted by molar-refractivity contribution is 7.78. The maximum absolute atomic E-state index is 4.89. The van der Waals surface area contributed by atoms with E-state index in [4.69, 9.17) is 12.2 Å². The zero-order chi connectivity index (χ0) is 15.7. The molecule has 3 rings (SSSR count). The Balaban J connectivity index is 2.05. The lowest BCUT2D eigenvalue weighted by atomic mass is 9.83. The number of rotatable bonds is 3. The molecule has 1 aromatic heterocycles. The van der Waals surface area contributed by atoms with Crippen LogP contribution in [0, 0.1) is 12.8 Å². The number of allylic oxidation sites excluding steroid dienone is 1. The number of aliphatic imine (C=N–C) groups is 1. The third-order valence-corrected chi connectivity index (χ3v) is 4.30. The fourth-order valence-corrected chi connectivity index (χ4v) is 3.32. The molecule has 114 valence electrons. The summed E-state index contributed by atoms with van der Waals surface area (Å²) in [4.78, 5) is 7.82. The van der Waals surface area contributed by atoms with Gasteiger partial charge in [-0.1, -0.05) is 30.4 Å². The lowest BCUT2D eigenvalue weighted by Gasteiger charge is -2.25. The topological polar surface area (TPSA) is 52.2 Å². The van der Waals surface area contributed by atoms with Crippen molar-refractivity contribution in [3.63, 3.8) is 0 Å². The summed E-state index contributed by atoms with van der Waals surface area (Å²) in [7, 11) is 1.83. The Kier molecular flexibility index (Phi) is 4.09. The second-order valence-electron chi connectivity index (χ2n) is 5.73. The number of thiocarbonyl (C=S) groups is 1. The van der Waals surface area contributed by atoms with Crippen LogP contribution in [-0.2, 0) is 6.42 Å². The number of fused-ring (bicyclic) bond motifs is 3. The van der Waals surface area contributed by atoms with Crippen molar-refractivity contribution in [3.05, 3.63) is 41.6 Å². The van der Waals surface area contributed by atoms with Crippen LogP contribution in [0.25, 0.3) is 16.5 Å². The number of hydrogen-bond acceptors (Lipinski definition) is 2. The molecule has 22 heavy (non-hydrogen) atoms. The maximum Gasteiger partial charge on any atom is 0.120 e. The van der Waals surface area contributed by atoms with Gasteiger partial charge in [-0.25, -0.2) is 10.4 Å². The van der Waals surface area contributed by atoms with E-state index in [9.17, 15) is 0 Å². The van der Waals surface area contributed by atoms with Gasteiger partial charge in [0.25, 0.3) is 0 Å². The first kappa shape index (κ1) is 14.9. The van der Waals surface area contributed by atoms with Gasteiger partial charge in [0, 0.05) is 29.6 Å². The normalized spacial score (nSPS) is 18.4. The van der Waals surface area contributed by atoms with E-state index < -0.39 is 0 Å². The van der Waals surface area contributed by atoms with E-state index >= 15 is 0 Å². The highest BCUT2D eigenvalue weighted by Crippen LogP contribution is 2.37. The molecule has 0 spiro atoms. The van der Waals surface area contributed by atoms with E-state index in [0.29, 0.717) is 0 Å². The lowest BCUT2D eigenvalue weighted by Crippen LogP contribution is -2.40. The average Bonchev–Trinajstić information content (AvgIpc) is 2.86. The predicted octanol–water partition coefficient (Wildman–Crippen LogP) is 3.13. The summed E-state index contributed by atoms with van der Waals surface area (Å²) in [5.74, 6) is 1.12. The van der Waals surface area contributed by atoms with Gasteiger partial charge in [0.2, 0.25) is 0 Å². The Hall–Kier alpha value is -1.98. The molecule has 0 saturated heterocycles. The number of amidine groups is 1. The number of aromatic amines is 1. The number of nitrogens with zero attached hydrogens (tertiary/aromatic N) is 1. The summed E-state index contributed by atoms with van der Waals surface area (Å²) in [6.45, 7) is 6.38. The first-order valence-corrected chi connectivity index (χ1v) is 7.84. The summed E-state index contributed by atoms with van der Waals surface area (Å²) >= 11 is 4.89. The third kappa shape index (κ3) is 2.58.